The van der Waals surface area contributed by atoms with E-state index in [0.29, 0.717) is 5.82 Å². The van der Waals surface area contributed by atoms with E-state index in [-0.39, 0.29) is 17.7 Å². The van der Waals surface area contributed by atoms with Crippen LogP contribution < -0.4 is 0 Å². The summed E-state index contributed by atoms with van der Waals surface area (Å²) < 4.78 is 50.8. The molecule has 2 N–H and O–H groups in total. The van der Waals surface area contributed by atoms with Gasteiger partial charge in [0.25, 0.3) is 0 Å². The molecule has 1 aliphatic heterocycles. The number of hydrogen-bond donors (Lipinski definition) is 2. The standard InChI is InChI=1S/C24H20F3N7O3S/c1-11-30-16-3-2-13(6-21(16)38-11)34-24(28-10-29-34)19-7-18(23(36)20(9-35)37-19)33-8-17(31-32-33)12-4-14(25)22(27)15(26)5-12/h2-6,8,10,18-20,23,35-36H,7,9H2,1H3. The Bertz CT molecular complexity index is 1610. The summed E-state index contributed by atoms with van der Waals surface area (Å²) in [5, 5.41) is 34.1. The van der Waals surface area contributed by atoms with E-state index >= 15 is 0 Å². The number of halogens is 3. The highest BCUT2D eigenvalue weighted by Crippen LogP contribution is 2.38. The molecule has 0 radical (unpaired) electrons. The van der Waals surface area contributed by atoms with E-state index in [1.54, 1.807) is 16.0 Å². The minimum atomic E-state index is -1.58. The van der Waals surface area contributed by atoms with Gasteiger partial charge in [-0.25, -0.2) is 32.5 Å². The molecule has 0 spiro atoms. The fourth-order valence-electron chi connectivity index (χ4n) is 4.64. The minimum absolute atomic E-state index is 0.0158. The van der Waals surface area contributed by atoms with Gasteiger partial charge in [0.05, 0.1) is 39.8 Å². The van der Waals surface area contributed by atoms with Crippen LogP contribution in [0.2, 0.25) is 0 Å². The number of aryl methyl sites for hydroxylation is 1. The van der Waals surface area contributed by atoms with Gasteiger partial charge >= 0.3 is 0 Å². The molecule has 0 bridgehead atoms. The highest BCUT2D eigenvalue weighted by Gasteiger charge is 2.41. The van der Waals surface area contributed by atoms with E-state index in [2.05, 4.69) is 25.4 Å². The van der Waals surface area contributed by atoms with Gasteiger partial charge in [0.2, 0.25) is 0 Å². The Labute approximate surface area is 217 Å². The first kappa shape index (κ1) is 24.6. The predicted octanol–water partition coefficient (Wildman–Crippen LogP) is 3.29. The smallest absolute Gasteiger partial charge is 0.194 e. The number of rotatable bonds is 5. The molecule has 38 heavy (non-hydrogen) atoms. The molecule has 4 unspecified atom stereocenters. The van der Waals surface area contributed by atoms with Crippen LogP contribution in [0.15, 0.2) is 42.9 Å². The van der Waals surface area contributed by atoms with Gasteiger partial charge in [-0.1, -0.05) is 5.21 Å². The van der Waals surface area contributed by atoms with E-state index in [0.717, 1.165) is 33.0 Å². The van der Waals surface area contributed by atoms with Crippen molar-refractivity contribution in [3.8, 4) is 16.9 Å². The molecule has 1 fully saturated rings. The Morgan fingerprint density at radius 3 is 2.71 bits per heavy atom. The van der Waals surface area contributed by atoms with E-state index in [1.807, 2.05) is 25.1 Å². The lowest BCUT2D eigenvalue weighted by Crippen LogP contribution is -2.45. The van der Waals surface area contributed by atoms with Crippen LogP contribution in [-0.2, 0) is 4.74 Å². The third-order valence-corrected chi connectivity index (χ3v) is 7.40. The minimum Gasteiger partial charge on any atom is -0.394 e. The van der Waals surface area contributed by atoms with Crippen LogP contribution in [0.3, 0.4) is 0 Å². The Morgan fingerprint density at radius 1 is 1.16 bits per heavy atom. The molecule has 6 rings (SSSR count). The summed E-state index contributed by atoms with van der Waals surface area (Å²) in [5.41, 5.74) is 1.68. The highest BCUT2D eigenvalue weighted by atomic mass is 32.1. The van der Waals surface area contributed by atoms with Gasteiger partial charge in [0, 0.05) is 12.0 Å². The van der Waals surface area contributed by atoms with Gasteiger partial charge in [-0.15, -0.1) is 16.4 Å². The molecule has 0 amide bonds. The molecule has 0 aliphatic carbocycles. The molecule has 5 aromatic rings. The van der Waals surface area contributed by atoms with Gasteiger partial charge in [-0.2, -0.15) is 5.10 Å². The van der Waals surface area contributed by atoms with Crippen molar-refractivity contribution in [3.05, 3.63) is 71.1 Å². The summed E-state index contributed by atoms with van der Waals surface area (Å²) in [5.74, 6) is -3.84. The maximum Gasteiger partial charge on any atom is 0.194 e. The van der Waals surface area contributed by atoms with Crippen molar-refractivity contribution in [1.82, 2.24) is 34.7 Å². The third-order valence-electron chi connectivity index (χ3n) is 6.47. The van der Waals surface area contributed by atoms with Crippen LogP contribution in [0.25, 0.3) is 27.2 Å². The fraction of sp³-hybridized carbons (Fsp3) is 0.292. The number of aliphatic hydroxyl groups excluding tert-OH is 2. The van der Waals surface area contributed by atoms with Gasteiger partial charge < -0.3 is 14.9 Å². The molecular formula is C24H20F3N7O3S. The van der Waals surface area contributed by atoms with Gasteiger partial charge in [-0.3, -0.25) is 0 Å². The van der Waals surface area contributed by atoms with Crippen molar-refractivity contribution < 1.29 is 28.1 Å². The van der Waals surface area contributed by atoms with Crippen molar-refractivity contribution in [2.24, 2.45) is 0 Å². The van der Waals surface area contributed by atoms with Crippen molar-refractivity contribution in [1.29, 1.82) is 0 Å². The maximum absolute atomic E-state index is 13.7. The molecule has 4 heterocycles. The summed E-state index contributed by atoms with van der Waals surface area (Å²) in [6.45, 7) is 1.45. The summed E-state index contributed by atoms with van der Waals surface area (Å²) in [6.07, 6.45) is 0.0917. The Kier molecular flexibility index (Phi) is 6.18. The molecule has 14 heteroatoms. The largest absolute Gasteiger partial charge is 0.394 e. The monoisotopic (exact) mass is 543 g/mol. The summed E-state index contributed by atoms with van der Waals surface area (Å²) in [6, 6.07) is 6.60. The van der Waals surface area contributed by atoms with Crippen molar-refractivity contribution in [2.45, 2.75) is 37.7 Å². The normalized spacial score (nSPS) is 21.8. The lowest BCUT2D eigenvalue weighted by molar-refractivity contribution is -0.161. The summed E-state index contributed by atoms with van der Waals surface area (Å²) in [4.78, 5) is 8.87. The molecule has 1 aliphatic rings. The second kappa shape index (κ2) is 9.54. The maximum atomic E-state index is 13.7. The zero-order valence-corrected chi connectivity index (χ0v) is 20.6. The number of ether oxygens (including phenoxy) is 1. The van der Waals surface area contributed by atoms with Gasteiger partial charge in [0.1, 0.15) is 30.3 Å². The van der Waals surface area contributed by atoms with E-state index in [1.165, 1.54) is 17.2 Å². The van der Waals surface area contributed by atoms with E-state index < -0.39 is 48.4 Å². The average molecular weight is 544 g/mol. The number of aromatic nitrogens is 7. The van der Waals surface area contributed by atoms with Crippen molar-refractivity contribution in [3.63, 3.8) is 0 Å². The number of hydrogen-bond acceptors (Lipinski definition) is 9. The first-order valence-electron chi connectivity index (χ1n) is 11.6. The molecule has 1 saturated heterocycles. The first-order valence-corrected chi connectivity index (χ1v) is 12.4. The number of aliphatic hydroxyl groups is 2. The Balaban J connectivity index is 1.33. The summed E-state index contributed by atoms with van der Waals surface area (Å²) in [7, 11) is 0. The Morgan fingerprint density at radius 2 is 1.95 bits per heavy atom. The molecular weight excluding hydrogens is 523 g/mol. The van der Waals surface area contributed by atoms with Crippen molar-refractivity contribution >= 4 is 21.6 Å². The van der Waals surface area contributed by atoms with Gasteiger partial charge in [0.15, 0.2) is 23.3 Å². The lowest BCUT2D eigenvalue weighted by Gasteiger charge is -2.38. The molecule has 2 aromatic carbocycles. The van der Waals surface area contributed by atoms with Crippen LogP contribution in [0.5, 0.6) is 0 Å². The summed E-state index contributed by atoms with van der Waals surface area (Å²) >= 11 is 1.55. The molecule has 196 valence electrons. The molecule has 10 nitrogen and oxygen atoms in total. The second-order valence-corrected chi connectivity index (χ2v) is 10.1. The Hall–Kier alpha value is -3.72. The third kappa shape index (κ3) is 4.24. The van der Waals surface area contributed by atoms with E-state index in [4.69, 9.17) is 4.74 Å². The van der Waals surface area contributed by atoms with Crippen LogP contribution in [0.1, 0.15) is 29.4 Å². The first-order chi connectivity index (χ1) is 18.3. The zero-order valence-electron chi connectivity index (χ0n) is 19.7. The topological polar surface area (TPSA) is 124 Å². The van der Waals surface area contributed by atoms with Crippen LogP contribution in [-0.4, -0.2) is 63.8 Å². The van der Waals surface area contributed by atoms with Crippen LogP contribution in [0, 0.1) is 24.4 Å². The molecule has 4 atom stereocenters. The number of nitrogens with zero attached hydrogens (tertiary/aromatic N) is 7. The zero-order chi connectivity index (χ0) is 26.6. The highest BCUT2D eigenvalue weighted by molar-refractivity contribution is 7.18. The van der Waals surface area contributed by atoms with Crippen LogP contribution in [0.4, 0.5) is 13.2 Å². The average Bonchev–Trinajstić information content (AvgIpc) is 3.65. The van der Waals surface area contributed by atoms with E-state index in [9.17, 15) is 23.4 Å². The van der Waals surface area contributed by atoms with Gasteiger partial charge in [-0.05, 0) is 37.3 Å². The predicted molar refractivity (Wildman–Crippen MR) is 129 cm³/mol. The SMILES string of the molecule is Cc1nc2ccc(-n3ncnc3C3CC(n4cc(-c5cc(F)c(F)c(F)c5)nn4)C(O)C(CO)O3)cc2s1. The molecule has 3 aromatic heterocycles. The number of fused-ring (bicyclic) bond motifs is 1. The van der Waals surface area contributed by atoms with Crippen molar-refractivity contribution in [2.75, 3.05) is 6.61 Å². The van der Waals surface area contributed by atoms with Crippen LogP contribution >= 0.6 is 11.3 Å². The number of thiazole rings is 1. The quantitative estimate of drug-likeness (QED) is 0.324. The number of benzene rings is 2. The fourth-order valence-corrected chi connectivity index (χ4v) is 5.50. The molecule has 0 saturated carbocycles. The lowest BCUT2D eigenvalue weighted by atomic mass is 9.95. The second-order valence-electron chi connectivity index (χ2n) is 8.89.